The summed E-state index contributed by atoms with van der Waals surface area (Å²) in [4.78, 5) is 4.11. The molecule has 5 nitrogen and oxygen atoms in total. The molecule has 0 spiro atoms. The zero-order chi connectivity index (χ0) is 13.1. The van der Waals surface area contributed by atoms with E-state index >= 15 is 0 Å². The molecular weight excluding hydrogens is 254 g/mol. The third kappa shape index (κ3) is 2.36. The average molecular weight is 266 g/mol. The van der Waals surface area contributed by atoms with Gasteiger partial charge in [0.1, 0.15) is 11.5 Å². The molecule has 2 rings (SSSR count). The minimum Gasteiger partial charge on any atom is -0.496 e. The van der Waals surface area contributed by atoms with Gasteiger partial charge in [0, 0.05) is 5.56 Å². The van der Waals surface area contributed by atoms with Gasteiger partial charge < -0.3 is 9.47 Å². The Morgan fingerprint density at radius 3 is 2.44 bits per heavy atom. The first-order valence-electron chi connectivity index (χ1n) is 5.24. The number of rotatable bonds is 3. The molecule has 0 saturated heterocycles. The Balaban J connectivity index is 2.61. The summed E-state index contributed by atoms with van der Waals surface area (Å²) in [5.41, 5.74) is 2.33. The van der Waals surface area contributed by atoms with Gasteiger partial charge in [-0.15, -0.1) is 5.10 Å². The topological polar surface area (TPSA) is 57.1 Å². The number of nitrogens with zero attached hydrogens (tertiary/aromatic N) is 3. The molecule has 0 aliphatic heterocycles. The Bertz CT molecular complexity index is 575. The standard InChI is InChI=1S/C12H12ClN3O2/c1-7-4-11(18-3)8(5-10(7)17-2)9-6-14-16-12(13)15-9/h4-6H,1-3H3. The van der Waals surface area contributed by atoms with Crippen molar-refractivity contribution in [2.24, 2.45) is 0 Å². The van der Waals surface area contributed by atoms with Crippen molar-refractivity contribution in [2.75, 3.05) is 14.2 Å². The molecule has 0 bridgehead atoms. The highest BCUT2D eigenvalue weighted by Crippen LogP contribution is 2.34. The van der Waals surface area contributed by atoms with E-state index < -0.39 is 0 Å². The summed E-state index contributed by atoms with van der Waals surface area (Å²) in [5.74, 6) is 1.44. The van der Waals surface area contributed by atoms with Gasteiger partial charge in [0.05, 0.1) is 26.1 Å². The first-order valence-corrected chi connectivity index (χ1v) is 5.61. The molecule has 0 radical (unpaired) electrons. The van der Waals surface area contributed by atoms with Crippen LogP contribution in [0.15, 0.2) is 18.3 Å². The molecule has 1 aromatic heterocycles. The normalized spacial score (nSPS) is 10.2. The van der Waals surface area contributed by atoms with E-state index in [1.54, 1.807) is 14.2 Å². The van der Waals surface area contributed by atoms with E-state index in [4.69, 9.17) is 21.1 Å². The lowest BCUT2D eigenvalue weighted by Gasteiger charge is -2.12. The third-order valence-electron chi connectivity index (χ3n) is 2.53. The molecule has 2 aromatic rings. The molecule has 0 aliphatic carbocycles. The van der Waals surface area contributed by atoms with Gasteiger partial charge in [-0.05, 0) is 36.2 Å². The van der Waals surface area contributed by atoms with Crippen LogP contribution < -0.4 is 9.47 Å². The molecule has 0 aliphatic rings. The van der Waals surface area contributed by atoms with Gasteiger partial charge in [-0.2, -0.15) is 5.10 Å². The Labute approximate surface area is 110 Å². The van der Waals surface area contributed by atoms with Crippen molar-refractivity contribution < 1.29 is 9.47 Å². The molecular formula is C12H12ClN3O2. The second-order valence-electron chi connectivity index (χ2n) is 3.63. The van der Waals surface area contributed by atoms with Gasteiger partial charge in [-0.3, -0.25) is 0 Å². The predicted molar refractivity (Wildman–Crippen MR) is 68.1 cm³/mol. The maximum absolute atomic E-state index is 5.74. The van der Waals surface area contributed by atoms with E-state index in [2.05, 4.69) is 15.2 Å². The molecule has 0 amide bonds. The summed E-state index contributed by atoms with van der Waals surface area (Å²) in [6, 6.07) is 3.72. The smallest absolute Gasteiger partial charge is 0.243 e. The van der Waals surface area contributed by atoms with E-state index in [-0.39, 0.29) is 5.28 Å². The summed E-state index contributed by atoms with van der Waals surface area (Å²) in [5, 5.41) is 7.48. The fourth-order valence-electron chi connectivity index (χ4n) is 1.66. The monoisotopic (exact) mass is 265 g/mol. The van der Waals surface area contributed by atoms with Gasteiger partial charge in [0.25, 0.3) is 0 Å². The zero-order valence-corrected chi connectivity index (χ0v) is 11.0. The number of ether oxygens (including phenoxy) is 2. The number of hydrogen-bond donors (Lipinski definition) is 0. The number of benzene rings is 1. The predicted octanol–water partition coefficient (Wildman–Crippen LogP) is 2.52. The van der Waals surface area contributed by atoms with Crippen molar-refractivity contribution in [3.8, 4) is 22.8 Å². The quantitative estimate of drug-likeness (QED) is 0.853. The van der Waals surface area contributed by atoms with E-state index in [9.17, 15) is 0 Å². The maximum atomic E-state index is 5.74. The third-order valence-corrected chi connectivity index (χ3v) is 2.69. The lowest BCUT2D eigenvalue weighted by Crippen LogP contribution is -1.96. The molecule has 0 fully saturated rings. The fourth-order valence-corrected chi connectivity index (χ4v) is 1.80. The highest BCUT2D eigenvalue weighted by atomic mass is 35.5. The van der Waals surface area contributed by atoms with Crippen LogP contribution in [0.25, 0.3) is 11.3 Å². The average Bonchev–Trinajstić information content (AvgIpc) is 2.38. The zero-order valence-electron chi connectivity index (χ0n) is 10.3. The number of aromatic nitrogens is 3. The van der Waals surface area contributed by atoms with Crippen molar-refractivity contribution >= 4 is 11.6 Å². The van der Waals surface area contributed by atoms with Crippen LogP contribution in [0.3, 0.4) is 0 Å². The highest BCUT2D eigenvalue weighted by molar-refractivity contribution is 6.28. The van der Waals surface area contributed by atoms with Crippen LogP contribution in [-0.4, -0.2) is 29.4 Å². The summed E-state index contributed by atoms with van der Waals surface area (Å²) >= 11 is 5.74. The largest absolute Gasteiger partial charge is 0.496 e. The Hall–Kier alpha value is -1.88. The van der Waals surface area contributed by atoms with Crippen LogP contribution in [0.5, 0.6) is 11.5 Å². The minimum atomic E-state index is 0.0918. The molecule has 1 heterocycles. The van der Waals surface area contributed by atoms with Crippen molar-refractivity contribution in [2.45, 2.75) is 6.92 Å². The second kappa shape index (κ2) is 5.18. The molecule has 1 aromatic carbocycles. The minimum absolute atomic E-state index is 0.0918. The number of halogens is 1. The lowest BCUT2D eigenvalue weighted by molar-refractivity contribution is 0.401. The van der Waals surface area contributed by atoms with Crippen LogP contribution in [0.1, 0.15) is 5.56 Å². The molecule has 18 heavy (non-hydrogen) atoms. The summed E-state index contributed by atoms with van der Waals surface area (Å²) in [7, 11) is 3.21. The summed E-state index contributed by atoms with van der Waals surface area (Å²) in [6.07, 6.45) is 1.53. The fraction of sp³-hybridized carbons (Fsp3) is 0.250. The van der Waals surface area contributed by atoms with E-state index in [0.717, 1.165) is 16.9 Å². The first kappa shape index (κ1) is 12.6. The molecule has 0 unspecified atom stereocenters. The van der Waals surface area contributed by atoms with Crippen LogP contribution in [0.4, 0.5) is 0 Å². The number of hydrogen-bond acceptors (Lipinski definition) is 5. The van der Waals surface area contributed by atoms with E-state index in [0.29, 0.717) is 11.4 Å². The Kier molecular flexibility index (Phi) is 3.62. The van der Waals surface area contributed by atoms with Gasteiger partial charge in [-0.1, -0.05) is 0 Å². The van der Waals surface area contributed by atoms with Crippen molar-refractivity contribution in [3.05, 3.63) is 29.2 Å². The SMILES string of the molecule is COc1cc(-c2cnnc(Cl)n2)c(OC)cc1C. The summed E-state index contributed by atoms with van der Waals surface area (Å²) in [6.45, 7) is 1.94. The highest BCUT2D eigenvalue weighted by Gasteiger charge is 2.12. The Morgan fingerprint density at radius 2 is 1.83 bits per heavy atom. The van der Waals surface area contributed by atoms with E-state index in [1.807, 2.05) is 19.1 Å². The van der Waals surface area contributed by atoms with Gasteiger partial charge in [0.15, 0.2) is 0 Å². The van der Waals surface area contributed by atoms with Crippen LogP contribution in [0.2, 0.25) is 5.28 Å². The van der Waals surface area contributed by atoms with Crippen molar-refractivity contribution in [1.82, 2.24) is 15.2 Å². The number of aryl methyl sites for hydroxylation is 1. The summed E-state index contributed by atoms with van der Waals surface area (Å²) < 4.78 is 10.6. The van der Waals surface area contributed by atoms with Gasteiger partial charge >= 0.3 is 0 Å². The van der Waals surface area contributed by atoms with Gasteiger partial charge in [0.2, 0.25) is 5.28 Å². The Morgan fingerprint density at radius 1 is 1.11 bits per heavy atom. The molecule has 6 heteroatoms. The molecule has 0 saturated carbocycles. The molecule has 0 atom stereocenters. The van der Waals surface area contributed by atoms with Crippen LogP contribution in [0, 0.1) is 6.92 Å². The van der Waals surface area contributed by atoms with Crippen molar-refractivity contribution in [3.63, 3.8) is 0 Å². The lowest BCUT2D eigenvalue weighted by atomic mass is 10.1. The first-order chi connectivity index (χ1) is 8.65. The van der Waals surface area contributed by atoms with Crippen LogP contribution in [-0.2, 0) is 0 Å². The van der Waals surface area contributed by atoms with Crippen molar-refractivity contribution in [1.29, 1.82) is 0 Å². The maximum Gasteiger partial charge on any atom is 0.243 e. The second-order valence-corrected chi connectivity index (χ2v) is 3.97. The van der Waals surface area contributed by atoms with Crippen LogP contribution >= 0.6 is 11.6 Å². The van der Waals surface area contributed by atoms with Gasteiger partial charge in [-0.25, -0.2) is 4.98 Å². The molecule has 0 N–H and O–H groups in total. The molecule has 94 valence electrons. The van der Waals surface area contributed by atoms with E-state index in [1.165, 1.54) is 6.20 Å². The number of methoxy groups -OCH3 is 2.